The van der Waals surface area contributed by atoms with Gasteiger partial charge >= 0.3 is 6.01 Å². The maximum Gasteiger partial charge on any atom is 0.316 e. The Labute approximate surface area is 188 Å². The van der Waals surface area contributed by atoms with Crippen LogP contribution in [-0.4, -0.2) is 38.0 Å². The zero-order valence-corrected chi connectivity index (χ0v) is 18.3. The molecule has 2 aliphatic carbocycles. The van der Waals surface area contributed by atoms with Crippen LogP contribution in [0.25, 0.3) is 0 Å². The lowest BCUT2D eigenvalue weighted by Crippen LogP contribution is -2.25. The molecule has 2 fully saturated rings. The molecule has 164 valence electrons. The fourth-order valence-electron chi connectivity index (χ4n) is 3.04. The van der Waals surface area contributed by atoms with Gasteiger partial charge in [-0.1, -0.05) is 17.4 Å². The first-order valence-electron chi connectivity index (χ1n) is 10.5. The normalized spacial score (nSPS) is 15.3. The third-order valence-electron chi connectivity index (χ3n) is 5.28. The van der Waals surface area contributed by atoms with Crippen LogP contribution >= 0.6 is 11.3 Å². The third-order valence-corrected chi connectivity index (χ3v) is 6.34. The second-order valence-electron chi connectivity index (χ2n) is 8.08. The molecule has 0 spiro atoms. The standard InChI is InChI=1S/C22H22N6O3S/c1-12-2-3-14(19(29)25-16-6-7-16)8-17(12)26-20(30)15-9-23-22(24-10-15)31-11-18-27-28-21(32-18)13-4-5-13/h2-3,8-10,13,16H,4-7,11H2,1H3,(H,25,29)(H,26,30). The number of nitrogens with zero attached hydrogens (tertiary/aromatic N) is 4. The van der Waals surface area contributed by atoms with Gasteiger partial charge in [0.2, 0.25) is 0 Å². The molecule has 0 bridgehead atoms. The average molecular weight is 451 g/mol. The number of anilines is 1. The van der Waals surface area contributed by atoms with E-state index in [4.69, 9.17) is 4.74 Å². The van der Waals surface area contributed by atoms with Gasteiger partial charge in [0.25, 0.3) is 11.8 Å². The summed E-state index contributed by atoms with van der Waals surface area (Å²) in [6.07, 6.45) is 7.21. The smallest absolute Gasteiger partial charge is 0.316 e. The van der Waals surface area contributed by atoms with E-state index in [2.05, 4.69) is 30.8 Å². The highest BCUT2D eigenvalue weighted by Crippen LogP contribution is 2.41. The Morgan fingerprint density at radius 3 is 2.56 bits per heavy atom. The van der Waals surface area contributed by atoms with Gasteiger partial charge in [-0.15, -0.1) is 10.2 Å². The Bertz CT molecular complexity index is 1150. The Morgan fingerprint density at radius 2 is 1.84 bits per heavy atom. The van der Waals surface area contributed by atoms with Gasteiger partial charge in [-0.25, -0.2) is 9.97 Å². The minimum absolute atomic E-state index is 0.132. The highest BCUT2D eigenvalue weighted by Gasteiger charge is 2.27. The van der Waals surface area contributed by atoms with Crippen LogP contribution in [0.15, 0.2) is 30.6 Å². The van der Waals surface area contributed by atoms with Gasteiger partial charge in [-0.05, 0) is 50.3 Å². The zero-order valence-electron chi connectivity index (χ0n) is 17.5. The van der Waals surface area contributed by atoms with Crippen molar-refractivity contribution in [1.82, 2.24) is 25.5 Å². The van der Waals surface area contributed by atoms with Crippen LogP contribution in [0, 0.1) is 6.92 Å². The van der Waals surface area contributed by atoms with Crippen molar-refractivity contribution in [3.05, 3.63) is 57.3 Å². The lowest BCUT2D eigenvalue weighted by Gasteiger charge is -2.11. The number of nitrogens with one attached hydrogen (secondary N) is 2. The molecular weight excluding hydrogens is 428 g/mol. The van der Waals surface area contributed by atoms with Crippen LogP contribution in [0.5, 0.6) is 6.01 Å². The summed E-state index contributed by atoms with van der Waals surface area (Å²) in [5, 5.41) is 15.9. The van der Waals surface area contributed by atoms with Crippen molar-refractivity contribution in [2.45, 2.75) is 51.2 Å². The van der Waals surface area contributed by atoms with Gasteiger partial charge in [-0.2, -0.15) is 0 Å². The van der Waals surface area contributed by atoms with E-state index >= 15 is 0 Å². The molecule has 9 nitrogen and oxygen atoms in total. The average Bonchev–Trinajstić information content (AvgIpc) is 3.74. The quantitative estimate of drug-likeness (QED) is 0.541. The van der Waals surface area contributed by atoms with Crippen molar-refractivity contribution in [1.29, 1.82) is 0 Å². The van der Waals surface area contributed by atoms with E-state index < -0.39 is 0 Å². The summed E-state index contributed by atoms with van der Waals surface area (Å²) in [5.74, 6) is 0.0670. The summed E-state index contributed by atoms with van der Waals surface area (Å²) in [4.78, 5) is 33.2. The highest BCUT2D eigenvalue weighted by molar-refractivity contribution is 7.11. The van der Waals surface area contributed by atoms with Gasteiger partial charge < -0.3 is 15.4 Å². The molecule has 0 radical (unpaired) electrons. The Hall–Kier alpha value is -3.40. The molecule has 2 amide bonds. The Balaban J connectivity index is 1.19. The number of aryl methyl sites for hydroxylation is 1. The molecule has 2 N–H and O–H groups in total. The highest BCUT2D eigenvalue weighted by atomic mass is 32.1. The number of carbonyl (C=O) groups is 2. The van der Waals surface area contributed by atoms with E-state index in [1.54, 1.807) is 23.5 Å². The van der Waals surface area contributed by atoms with E-state index in [9.17, 15) is 9.59 Å². The molecule has 5 rings (SSSR count). The molecule has 0 unspecified atom stereocenters. The molecule has 1 aromatic carbocycles. The van der Waals surface area contributed by atoms with Gasteiger partial charge in [0.15, 0.2) is 5.01 Å². The van der Waals surface area contributed by atoms with E-state index in [1.807, 2.05) is 13.0 Å². The Morgan fingerprint density at radius 1 is 1.06 bits per heavy atom. The lowest BCUT2D eigenvalue weighted by molar-refractivity contribution is 0.0949. The second-order valence-corrected chi connectivity index (χ2v) is 9.18. The van der Waals surface area contributed by atoms with E-state index in [0.717, 1.165) is 28.4 Å². The molecule has 0 aliphatic heterocycles. The van der Waals surface area contributed by atoms with Crippen molar-refractivity contribution in [2.75, 3.05) is 5.32 Å². The van der Waals surface area contributed by atoms with Crippen molar-refractivity contribution >= 4 is 28.8 Å². The van der Waals surface area contributed by atoms with Crippen LogP contribution in [0.2, 0.25) is 0 Å². The maximum atomic E-state index is 12.6. The minimum atomic E-state index is -0.363. The summed E-state index contributed by atoms with van der Waals surface area (Å²) < 4.78 is 5.57. The lowest BCUT2D eigenvalue weighted by atomic mass is 10.1. The number of hydrogen-bond donors (Lipinski definition) is 2. The van der Waals surface area contributed by atoms with Gasteiger partial charge in [0, 0.05) is 35.6 Å². The monoisotopic (exact) mass is 450 g/mol. The molecule has 2 saturated carbocycles. The fraction of sp³-hybridized carbons (Fsp3) is 0.364. The molecule has 32 heavy (non-hydrogen) atoms. The van der Waals surface area contributed by atoms with Crippen LogP contribution in [-0.2, 0) is 6.61 Å². The maximum absolute atomic E-state index is 12.6. The Kier molecular flexibility index (Phi) is 5.52. The summed E-state index contributed by atoms with van der Waals surface area (Å²) in [5.41, 5.74) is 2.22. The molecule has 10 heteroatoms. The van der Waals surface area contributed by atoms with E-state index in [1.165, 1.54) is 25.2 Å². The number of amides is 2. The summed E-state index contributed by atoms with van der Waals surface area (Å²) in [6.45, 7) is 2.11. The minimum Gasteiger partial charge on any atom is -0.456 e. The molecule has 2 aromatic heterocycles. The van der Waals surface area contributed by atoms with Crippen LogP contribution in [0.1, 0.15) is 67.9 Å². The first-order valence-corrected chi connectivity index (χ1v) is 11.4. The topological polar surface area (TPSA) is 119 Å². The molecule has 3 aromatic rings. The predicted molar refractivity (Wildman–Crippen MR) is 118 cm³/mol. The predicted octanol–water partition coefficient (Wildman–Crippen LogP) is 3.24. The first-order chi connectivity index (χ1) is 15.5. The van der Waals surface area contributed by atoms with Gasteiger partial charge in [0.1, 0.15) is 11.6 Å². The van der Waals surface area contributed by atoms with E-state index in [-0.39, 0.29) is 36.0 Å². The van der Waals surface area contributed by atoms with Crippen LogP contribution in [0.3, 0.4) is 0 Å². The van der Waals surface area contributed by atoms with E-state index in [0.29, 0.717) is 17.2 Å². The number of rotatable bonds is 8. The molecule has 2 heterocycles. The number of carbonyl (C=O) groups excluding carboxylic acids is 2. The largest absolute Gasteiger partial charge is 0.456 e. The molecule has 0 atom stereocenters. The first kappa shape index (κ1) is 20.5. The van der Waals surface area contributed by atoms with Crippen LogP contribution < -0.4 is 15.4 Å². The van der Waals surface area contributed by atoms with Gasteiger partial charge in [0.05, 0.1) is 5.56 Å². The molecular formula is C22H22N6O3S. The second kappa shape index (κ2) is 8.62. The number of ether oxygens (including phenoxy) is 1. The third kappa shape index (κ3) is 4.91. The summed E-state index contributed by atoms with van der Waals surface area (Å²) >= 11 is 1.55. The number of aromatic nitrogens is 4. The number of benzene rings is 1. The van der Waals surface area contributed by atoms with Gasteiger partial charge in [-0.3, -0.25) is 9.59 Å². The summed E-state index contributed by atoms with van der Waals surface area (Å²) in [6, 6.07) is 5.68. The fourth-order valence-corrected chi connectivity index (χ4v) is 3.97. The van der Waals surface area contributed by atoms with Crippen LogP contribution in [0.4, 0.5) is 5.69 Å². The van der Waals surface area contributed by atoms with Crippen molar-refractivity contribution in [3.8, 4) is 6.01 Å². The molecule has 0 saturated heterocycles. The van der Waals surface area contributed by atoms with Crippen molar-refractivity contribution in [3.63, 3.8) is 0 Å². The SMILES string of the molecule is Cc1ccc(C(=O)NC2CC2)cc1NC(=O)c1cnc(OCc2nnc(C3CC3)s2)nc1. The number of hydrogen-bond acceptors (Lipinski definition) is 8. The molecule has 2 aliphatic rings. The van der Waals surface area contributed by atoms with Crippen molar-refractivity contribution in [2.24, 2.45) is 0 Å². The van der Waals surface area contributed by atoms with Crippen molar-refractivity contribution < 1.29 is 14.3 Å². The zero-order chi connectivity index (χ0) is 22.1. The summed E-state index contributed by atoms with van der Waals surface area (Å²) in [7, 11) is 0.